The molecule has 2 rings (SSSR count). The summed E-state index contributed by atoms with van der Waals surface area (Å²) in [6, 6.07) is 11.0. The number of nitrogens with zero attached hydrogens (tertiary/aromatic N) is 2. The first-order chi connectivity index (χ1) is 10.6. The normalized spacial score (nSPS) is 9.91. The Kier molecular flexibility index (Phi) is 5.02. The van der Waals surface area contributed by atoms with Crippen molar-refractivity contribution in [3.8, 4) is 11.8 Å². The summed E-state index contributed by atoms with van der Waals surface area (Å²) in [6.07, 6.45) is 0. The second kappa shape index (κ2) is 6.96. The van der Waals surface area contributed by atoms with Gasteiger partial charge >= 0.3 is 5.97 Å². The molecule has 0 radical (unpaired) electrons. The molecule has 0 aliphatic heterocycles. The van der Waals surface area contributed by atoms with E-state index in [1.165, 1.54) is 24.9 Å². The number of hydrogen-bond acceptors (Lipinski definition) is 6. The van der Waals surface area contributed by atoms with Crippen LogP contribution in [0, 0.1) is 18.3 Å². The molecule has 6 heteroatoms. The largest absolute Gasteiger partial charge is 0.497 e. The summed E-state index contributed by atoms with van der Waals surface area (Å²) >= 11 is 1.36. The van der Waals surface area contributed by atoms with Gasteiger partial charge in [0.2, 0.25) is 0 Å². The molecule has 2 aromatic rings. The third-order valence-corrected chi connectivity index (χ3v) is 3.99. The van der Waals surface area contributed by atoms with Gasteiger partial charge < -0.3 is 9.47 Å². The highest BCUT2D eigenvalue weighted by Crippen LogP contribution is 2.31. The summed E-state index contributed by atoms with van der Waals surface area (Å²) in [5, 5.41) is 9.83. The Bertz CT molecular complexity index is 736. The zero-order valence-corrected chi connectivity index (χ0v) is 13.2. The molecule has 112 valence electrons. The number of esters is 1. The smallest absolute Gasteiger partial charge is 0.339 e. The van der Waals surface area contributed by atoms with Crippen molar-refractivity contribution in [3.05, 3.63) is 47.2 Å². The summed E-state index contributed by atoms with van der Waals surface area (Å²) in [5.41, 5.74) is 1.17. The fourth-order valence-corrected chi connectivity index (χ4v) is 2.71. The number of carbonyl (C=O) groups excluding carboxylic acids is 1. The van der Waals surface area contributed by atoms with E-state index in [0.29, 0.717) is 21.8 Å². The van der Waals surface area contributed by atoms with Crippen LogP contribution in [0.2, 0.25) is 0 Å². The maximum Gasteiger partial charge on any atom is 0.339 e. The molecular weight excluding hydrogens is 300 g/mol. The maximum absolute atomic E-state index is 11.7. The number of aryl methyl sites for hydroxylation is 1. The molecule has 0 aliphatic carbocycles. The number of pyridine rings is 1. The van der Waals surface area contributed by atoms with Crippen LogP contribution in [-0.2, 0) is 4.74 Å². The molecule has 1 aromatic carbocycles. The van der Waals surface area contributed by atoms with Crippen molar-refractivity contribution in [2.75, 3.05) is 14.2 Å². The first-order valence-electron chi connectivity index (χ1n) is 6.41. The van der Waals surface area contributed by atoms with Crippen LogP contribution in [-0.4, -0.2) is 25.2 Å². The Morgan fingerprint density at radius 3 is 2.50 bits per heavy atom. The predicted molar refractivity (Wildman–Crippen MR) is 82.1 cm³/mol. The number of benzene rings is 1. The zero-order chi connectivity index (χ0) is 16.1. The summed E-state index contributed by atoms with van der Waals surface area (Å²) in [5.74, 6) is 0.262. The molecule has 0 aliphatic rings. The van der Waals surface area contributed by atoms with Crippen molar-refractivity contribution in [1.29, 1.82) is 5.26 Å². The number of ether oxygens (including phenoxy) is 2. The number of nitriles is 1. The van der Waals surface area contributed by atoms with Crippen molar-refractivity contribution >= 4 is 17.7 Å². The Hall–Kier alpha value is -2.52. The van der Waals surface area contributed by atoms with E-state index in [1.807, 2.05) is 24.3 Å². The van der Waals surface area contributed by atoms with Gasteiger partial charge in [-0.1, -0.05) is 11.8 Å². The molecule has 0 fully saturated rings. The van der Waals surface area contributed by atoms with Gasteiger partial charge in [0.25, 0.3) is 0 Å². The molecule has 0 saturated carbocycles. The average molecular weight is 314 g/mol. The number of carbonyl (C=O) groups is 1. The Labute approximate surface area is 132 Å². The van der Waals surface area contributed by atoms with E-state index in [4.69, 9.17) is 9.47 Å². The summed E-state index contributed by atoms with van der Waals surface area (Å²) < 4.78 is 9.80. The standard InChI is InChI=1S/C16H14N2O3S/c1-10-14(16(19)21-3)8-11(9-17)15(18-10)22-13-6-4-12(20-2)5-7-13/h4-8H,1-3H3. The summed E-state index contributed by atoms with van der Waals surface area (Å²) in [6.45, 7) is 1.71. The number of rotatable bonds is 4. The van der Waals surface area contributed by atoms with E-state index in [9.17, 15) is 10.1 Å². The van der Waals surface area contributed by atoms with Gasteiger partial charge in [-0.3, -0.25) is 0 Å². The SMILES string of the molecule is COC(=O)c1cc(C#N)c(Sc2ccc(OC)cc2)nc1C. The topological polar surface area (TPSA) is 72.2 Å². The molecule has 0 atom stereocenters. The third-order valence-electron chi connectivity index (χ3n) is 2.98. The second-order valence-electron chi connectivity index (χ2n) is 4.36. The van der Waals surface area contributed by atoms with Crippen molar-refractivity contribution < 1.29 is 14.3 Å². The van der Waals surface area contributed by atoms with Gasteiger partial charge in [-0.25, -0.2) is 9.78 Å². The Balaban J connectivity index is 2.36. The van der Waals surface area contributed by atoms with Gasteiger partial charge in [0.1, 0.15) is 16.8 Å². The van der Waals surface area contributed by atoms with E-state index >= 15 is 0 Å². The highest BCUT2D eigenvalue weighted by molar-refractivity contribution is 7.99. The van der Waals surface area contributed by atoms with Crippen molar-refractivity contribution in [3.63, 3.8) is 0 Å². The van der Waals surface area contributed by atoms with Crippen LogP contribution in [0.25, 0.3) is 0 Å². The fourth-order valence-electron chi connectivity index (χ4n) is 1.81. The number of hydrogen-bond donors (Lipinski definition) is 0. The van der Waals surface area contributed by atoms with Gasteiger partial charge in [-0.15, -0.1) is 0 Å². The predicted octanol–water partition coefficient (Wildman–Crippen LogP) is 3.21. The van der Waals surface area contributed by atoms with Crippen molar-refractivity contribution in [2.24, 2.45) is 0 Å². The molecule has 1 aromatic heterocycles. The minimum absolute atomic E-state index is 0.304. The van der Waals surface area contributed by atoms with Crippen molar-refractivity contribution in [1.82, 2.24) is 4.98 Å². The first kappa shape index (κ1) is 15.9. The van der Waals surface area contributed by atoms with Crippen LogP contribution in [0.5, 0.6) is 5.75 Å². The van der Waals surface area contributed by atoms with E-state index in [2.05, 4.69) is 11.1 Å². The first-order valence-corrected chi connectivity index (χ1v) is 7.22. The molecule has 1 heterocycles. The molecule has 0 N–H and O–H groups in total. The lowest BCUT2D eigenvalue weighted by molar-refractivity contribution is 0.0599. The van der Waals surface area contributed by atoms with E-state index < -0.39 is 5.97 Å². The van der Waals surface area contributed by atoms with Crippen molar-refractivity contribution in [2.45, 2.75) is 16.8 Å². The third kappa shape index (κ3) is 3.38. The molecule has 0 unspecified atom stereocenters. The highest BCUT2D eigenvalue weighted by Gasteiger charge is 2.16. The lowest BCUT2D eigenvalue weighted by Gasteiger charge is -2.08. The van der Waals surface area contributed by atoms with Gasteiger partial charge in [-0.2, -0.15) is 5.26 Å². The van der Waals surface area contributed by atoms with Crippen LogP contribution in [0.4, 0.5) is 0 Å². The zero-order valence-electron chi connectivity index (χ0n) is 12.4. The minimum Gasteiger partial charge on any atom is -0.497 e. The van der Waals surface area contributed by atoms with Crippen LogP contribution in [0.15, 0.2) is 40.3 Å². The van der Waals surface area contributed by atoms with E-state index in [1.54, 1.807) is 14.0 Å². The molecular formula is C16H14N2O3S. The molecule has 0 bridgehead atoms. The van der Waals surface area contributed by atoms with Crippen LogP contribution < -0.4 is 4.74 Å². The van der Waals surface area contributed by atoms with Crippen LogP contribution in [0.1, 0.15) is 21.6 Å². The van der Waals surface area contributed by atoms with Gasteiger partial charge in [0.15, 0.2) is 0 Å². The lowest BCUT2D eigenvalue weighted by atomic mass is 10.1. The van der Waals surface area contributed by atoms with Gasteiger partial charge in [0.05, 0.1) is 31.0 Å². The van der Waals surface area contributed by atoms with Crippen LogP contribution in [0.3, 0.4) is 0 Å². The lowest BCUT2D eigenvalue weighted by Crippen LogP contribution is -2.07. The van der Waals surface area contributed by atoms with E-state index in [0.717, 1.165) is 10.6 Å². The monoisotopic (exact) mass is 314 g/mol. The number of aromatic nitrogens is 1. The van der Waals surface area contributed by atoms with E-state index in [-0.39, 0.29) is 0 Å². The molecule has 22 heavy (non-hydrogen) atoms. The number of methoxy groups -OCH3 is 2. The highest BCUT2D eigenvalue weighted by atomic mass is 32.2. The Morgan fingerprint density at radius 2 is 1.95 bits per heavy atom. The van der Waals surface area contributed by atoms with Gasteiger partial charge in [-0.05, 0) is 37.3 Å². The fraction of sp³-hybridized carbons (Fsp3) is 0.188. The van der Waals surface area contributed by atoms with Gasteiger partial charge in [0, 0.05) is 4.90 Å². The molecule has 5 nitrogen and oxygen atoms in total. The molecule has 0 spiro atoms. The summed E-state index contributed by atoms with van der Waals surface area (Å²) in [4.78, 5) is 16.9. The summed E-state index contributed by atoms with van der Waals surface area (Å²) in [7, 11) is 2.90. The Morgan fingerprint density at radius 1 is 1.27 bits per heavy atom. The molecule has 0 amide bonds. The minimum atomic E-state index is -0.498. The molecule has 0 saturated heterocycles. The second-order valence-corrected chi connectivity index (χ2v) is 5.42. The van der Waals surface area contributed by atoms with Crippen LogP contribution >= 0.6 is 11.8 Å². The average Bonchev–Trinajstić information content (AvgIpc) is 2.55. The quantitative estimate of drug-likeness (QED) is 0.807. The maximum atomic E-state index is 11.7.